The van der Waals surface area contributed by atoms with Crippen molar-refractivity contribution in [3.05, 3.63) is 29.8 Å². The van der Waals surface area contributed by atoms with E-state index in [9.17, 15) is 13.2 Å². The van der Waals surface area contributed by atoms with Crippen molar-refractivity contribution in [3.8, 4) is 0 Å². The Balaban J connectivity index is 2.61. The summed E-state index contributed by atoms with van der Waals surface area (Å²) in [5.41, 5.74) is 7.55. The Kier molecular flexibility index (Phi) is 6.15. The molecule has 0 aliphatic rings. The third-order valence-corrected chi connectivity index (χ3v) is 2.89. The molecule has 2 nitrogen and oxygen atoms in total. The number of aryl methyl sites for hydroxylation is 1. The Morgan fingerprint density at radius 3 is 2.42 bits per heavy atom. The van der Waals surface area contributed by atoms with Gasteiger partial charge in [-0.15, -0.1) is 0 Å². The maximum Gasteiger partial charge on any atom is 0.389 e. The van der Waals surface area contributed by atoms with Crippen molar-refractivity contribution in [2.75, 3.05) is 24.5 Å². The van der Waals surface area contributed by atoms with Crippen LogP contribution in [0, 0.1) is 6.92 Å². The van der Waals surface area contributed by atoms with Crippen LogP contribution in [0.25, 0.3) is 0 Å². The van der Waals surface area contributed by atoms with Gasteiger partial charge in [-0.2, -0.15) is 13.2 Å². The van der Waals surface area contributed by atoms with E-state index < -0.39 is 12.6 Å². The molecule has 0 aliphatic heterocycles. The highest BCUT2D eigenvalue weighted by Gasteiger charge is 2.26. The zero-order valence-corrected chi connectivity index (χ0v) is 11.2. The molecule has 0 saturated heterocycles. The topological polar surface area (TPSA) is 29.3 Å². The quantitative estimate of drug-likeness (QED) is 0.824. The molecule has 0 saturated carbocycles. The van der Waals surface area contributed by atoms with Crippen LogP contribution >= 0.6 is 0 Å². The van der Waals surface area contributed by atoms with E-state index in [1.54, 1.807) is 0 Å². The summed E-state index contributed by atoms with van der Waals surface area (Å²) >= 11 is 0. The molecule has 0 aromatic heterocycles. The number of halogens is 3. The van der Waals surface area contributed by atoms with Crippen molar-refractivity contribution in [1.29, 1.82) is 0 Å². The number of nitrogens with zero attached hydrogens (tertiary/aromatic N) is 1. The van der Waals surface area contributed by atoms with E-state index in [0.29, 0.717) is 19.6 Å². The lowest BCUT2D eigenvalue weighted by atomic mass is 10.2. The van der Waals surface area contributed by atoms with Gasteiger partial charge in [-0.05, 0) is 44.0 Å². The van der Waals surface area contributed by atoms with Crippen LogP contribution in [-0.4, -0.2) is 25.8 Å². The van der Waals surface area contributed by atoms with Crippen molar-refractivity contribution >= 4 is 5.69 Å². The molecule has 0 bridgehead atoms. The highest BCUT2D eigenvalue weighted by Crippen LogP contribution is 2.23. The molecule has 1 rings (SSSR count). The lowest BCUT2D eigenvalue weighted by Crippen LogP contribution is -2.28. The Labute approximate surface area is 112 Å². The number of benzene rings is 1. The second kappa shape index (κ2) is 7.38. The highest BCUT2D eigenvalue weighted by molar-refractivity contribution is 5.48. The van der Waals surface area contributed by atoms with Gasteiger partial charge in [0, 0.05) is 25.2 Å². The van der Waals surface area contributed by atoms with E-state index >= 15 is 0 Å². The van der Waals surface area contributed by atoms with Crippen molar-refractivity contribution in [3.63, 3.8) is 0 Å². The van der Waals surface area contributed by atoms with E-state index in [4.69, 9.17) is 5.73 Å². The fraction of sp³-hybridized carbons (Fsp3) is 0.571. The average Bonchev–Trinajstić information content (AvgIpc) is 2.32. The first-order valence-electron chi connectivity index (χ1n) is 6.51. The van der Waals surface area contributed by atoms with Crippen LogP contribution in [0.2, 0.25) is 0 Å². The Bertz CT molecular complexity index is 377. The third-order valence-electron chi connectivity index (χ3n) is 2.89. The van der Waals surface area contributed by atoms with Gasteiger partial charge in [0.15, 0.2) is 0 Å². The van der Waals surface area contributed by atoms with Crippen molar-refractivity contribution < 1.29 is 13.2 Å². The number of hydrogen-bond acceptors (Lipinski definition) is 2. The van der Waals surface area contributed by atoms with Crippen molar-refractivity contribution in [2.45, 2.75) is 32.4 Å². The summed E-state index contributed by atoms with van der Waals surface area (Å²) in [6.07, 6.45) is -3.92. The molecule has 1 aromatic rings. The van der Waals surface area contributed by atoms with Gasteiger partial charge in [-0.3, -0.25) is 0 Å². The summed E-state index contributed by atoms with van der Waals surface area (Å²) in [4.78, 5) is 1.98. The van der Waals surface area contributed by atoms with Crippen LogP contribution in [0.15, 0.2) is 24.3 Å². The van der Waals surface area contributed by atoms with E-state index in [0.717, 1.165) is 17.7 Å². The summed E-state index contributed by atoms with van der Waals surface area (Å²) in [5.74, 6) is 0. The van der Waals surface area contributed by atoms with E-state index in [2.05, 4.69) is 0 Å². The molecule has 19 heavy (non-hydrogen) atoms. The lowest BCUT2D eigenvalue weighted by Gasteiger charge is -2.25. The summed E-state index contributed by atoms with van der Waals surface area (Å²) in [6.45, 7) is 3.61. The summed E-state index contributed by atoms with van der Waals surface area (Å²) in [6, 6.07) is 7.81. The largest absolute Gasteiger partial charge is 0.389 e. The molecule has 0 heterocycles. The summed E-state index contributed by atoms with van der Waals surface area (Å²) in [7, 11) is 0. The first kappa shape index (κ1) is 15.8. The van der Waals surface area contributed by atoms with Gasteiger partial charge < -0.3 is 10.6 Å². The highest BCUT2D eigenvalue weighted by atomic mass is 19.4. The molecule has 2 N–H and O–H groups in total. The molecule has 0 fully saturated rings. The number of alkyl halides is 3. The van der Waals surface area contributed by atoms with Gasteiger partial charge >= 0.3 is 6.18 Å². The third kappa shape index (κ3) is 6.47. The number of nitrogens with two attached hydrogens (primary N) is 1. The molecule has 0 spiro atoms. The van der Waals surface area contributed by atoms with E-state index in [1.807, 2.05) is 36.1 Å². The lowest BCUT2D eigenvalue weighted by molar-refractivity contribution is -0.135. The molecule has 108 valence electrons. The minimum atomic E-state index is -4.08. The van der Waals surface area contributed by atoms with Gasteiger partial charge in [0.25, 0.3) is 0 Å². The molecule has 0 radical (unpaired) electrons. The second-order valence-electron chi connectivity index (χ2n) is 4.69. The van der Waals surface area contributed by atoms with Crippen LogP contribution in [0.4, 0.5) is 18.9 Å². The Hall–Kier alpha value is -1.23. The molecule has 5 heteroatoms. The molecule has 0 atom stereocenters. The minimum absolute atomic E-state index is 0.113. The smallest absolute Gasteiger partial charge is 0.371 e. The molecule has 0 unspecified atom stereocenters. The SMILES string of the molecule is Cc1cccc(N(CCCN)CCCC(F)(F)F)c1. The van der Waals surface area contributed by atoms with Crippen molar-refractivity contribution in [1.82, 2.24) is 0 Å². The van der Waals surface area contributed by atoms with Gasteiger partial charge in [0.2, 0.25) is 0 Å². The van der Waals surface area contributed by atoms with Gasteiger partial charge in [-0.1, -0.05) is 12.1 Å². The van der Waals surface area contributed by atoms with Crippen LogP contribution in [0.3, 0.4) is 0 Å². The van der Waals surface area contributed by atoms with Crippen LogP contribution in [-0.2, 0) is 0 Å². The fourth-order valence-corrected chi connectivity index (χ4v) is 1.95. The minimum Gasteiger partial charge on any atom is -0.371 e. The van der Waals surface area contributed by atoms with Crippen LogP contribution in [0.1, 0.15) is 24.8 Å². The van der Waals surface area contributed by atoms with E-state index in [-0.39, 0.29) is 6.42 Å². The maximum absolute atomic E-state index is 12.2. The zero-order valence-electron chi connectivity index (χ0n) is 11.2. The molecule has 1 aromatic carbocycles. The predicted octanol–water partition coefficient (Wildman–Crippen LogP) is 3.49. The fourth-order valence-electron chi connectivity index (χ4n) is 1.95. The number of hydrogen-bond donors (Lipinski definition) is 1. The molecule has 0 aliphatic carbocycles. The number of anilines is 1. The van der Waals surface area contributed by atoms with E-state index in [1.165, 1.54) is 0 Å². The standard InChI is InChI=1S/C14H21F3N2/c1-12-5-2-6-13(11-12)19(10-4-8-18)9-3-7-14(15,16)17/h2,5-6,11H,3-4,7-10,18H2,1H3. The van der Waals surface area contributed by atoms with Crippen LogP contribution in [0.5, 0.6) is 0 Å². The molecule has 0 amide bonds. The van der Waals surface area contributed by atoms with Crippen LogP contribution < -0.4 is 10.6 Å². The maximum atomic E-state index is 12.2. The van der Waals surface area contributed by atoms with Crippen molar-refractivity contribution in [2.24, 2.45) is 5.73 Å². The normalized spacial score (nSPS) is 11.6. The molecular formula is C14H21F3N2. The summed E-state index contributed by atoms with van der Waals surface area (Å²) in [5, 5.41) is 0. The Morgan fingerprint density at radius 1 is 1.16 bits per heavy atom. The monoisotopic (exact) mass is 274 g/mol. The summed E-state index contributed by atoms with van der Waals surface area (Å²) < 4.78 is 36.6. The first-order chi connectivity index (χ1) is 8.92. The first-order valence-corrected chi connectivity index (χ1v) is 6.51. The van der Waals surface area contributed by atoms with Gasteiger partial charge in [-0.25, -0.2) is 0 Å². The molecular weight excluding hydrogens is 253 g/mol. The Morgan fingerprint density at radius 2 is 1.84 bits per heavy atom. The predicted molar refractivity (Wildman–Crippen MR) is 72.4 cm³/mol. The zero-order chi connectivity index (χ0) is 14.3. The van der Waals surface area contributed by atoms with Gasteiger partial charge in [0.05, 0.1) is 0 Å². The second-order valence-corrected chi connectivity index (χ2v) is 4.69. The average molecular weight is 274 g/mol. The van der Waals surface area contributed by atoms with Gasteiger partial charge in [0.1, 0.15) is 0 Å². The number of rotatable bonds is 7.